The summed E-state index contributed by atoms with van der Waals surface area (Å²) in [6, 6.07) is 2.30. The highest BCUT2D eigenvalue weighted by molar-refractivity contribution is 5.42. The number of aliphatic hydroxyl groups is 1. The number of benzene rings is 1. The second-order valence-corrected chi connectivity index (χ2v) is 2.79. The summed E-state index contributed by atoms with van der Waals surface area (Å²) < 4.78 is 18.0. The number of methoxy groups -OCH3 is 1. The Balaban J connectivity index is 3.18. The zero-order valence-corrected chi connectivity index (χ0v) is 7.70. The SMILES string of the molecule is COc1cc(O)c(C(O)CN)c(F)c1. The lowest BCUT2D eigenvalue weighted by Crippen LogP contribution is -2.13. The zero-order valence-electron chi connectivity index (χ0n) is 7.70. The van der Waals surface area contributed by atoms with Crippen LogP contribution in [0.3, 0.4) is 0 Å². The summed E-state index contributed by atoms with van der Waals surface area (Å²) in [6.07, 6.45) is -1.21. The van der Waals surface area contributed by atoms with Crippen molar-refractivity contribution in [2.45, 2.75) is 6.10 Å². The third kappa shape index (κ3) is 1.94. The van der Waals surface area contributed by atoms with Crippen LogP contribution in [-0.4, -0.2) is 23.9 Å². The molecule has 4 nitrogen and oxygen atoms in total. The molecule has 0 aliphatic carbocycles. The molecule has 0 amide bonds. The van der Waals surface area contributed by atoms with Crippen LogP contribution in [-0.2, 0) is 0 Å². The van der Waals surface area contributed by atoms with E-state index in [0.29, 0.717) is 0 Å². The van der Waals surface area contributed by atoms with E-state index in [1.807, 2.05) is 0 Å². The van der Waals surface area contributed by atoms with E-state index in [1.165, 1.54) is 13.2 Å². The van der Waals surface area contributed by atoms with Crippen molar-refractivity contribution in [3.63, 3.8) is 0 Å². The van der Waals surface area contributed by atoms with Crippen LogP contribution >= 0.6 is 0 Å². The molecular weight excluding hydrogens is 189 g/mol. The first-order chi connectivity index (χ1) is 6.60. The Morgan fingerprint density at radius 2 is 2.21 bits per heavy atom. The number of aliphatic hydroxyl groups excluding tert-OH is 1. The van der Waals surface area contributed by atoms with Gasteiger partial charge in [0.2, 0.25) is 0 Å². The van der Waals surface area contributed by atoms with Gasteiger partial charge in [-0.25, -0.2) is 4.39 Å². The molecule has 14 heavy (non-hydrogen) atoms. The van der Waals surface area contributed by atoms with Gasteiger partial charge < -0.3 is 20.7 Å². The van der Waals surface area contributed by atoms with Gasteiger partial charge in [-0.1, -0.05) is 0 Å². The Kier molecular flexibility index (Phi) is 3.27. The van der Waals surface area contributed by atoms with E-state index in [2.05, 4.69) is 0 Å². The van der Waals surface area contributed by atoms with Crippen LogP contribution in [0.4, 0.5) is 4.39 Å². The van der Waals surface area contributed by atoms with E-state index in [0.717, 1.165) is 6.07 Å². The van der Waals surface area contributed by atoms with Gasteiger partial charge in [0, 0.05) is 18.7 Å². The quantitative estimate of drug-likeness (QED) is 0.666. The number of hydrogen-bond acceptors (Lipinski definition) is 4. The van der Waals surface area contributed by atoms with Crippen LogP contribution in [0.5, 0.6) is 11.5 Å². The van der Waals surface area contributed by atoms with Crippen LogP contribution in [0, 0.1) is 5.82 Å². The third-order valence-electron chi connectivity index (χ3n) is 1.87. The maximum Gasteiger partial charge on any atom is 0.136 e. The second-order valence-electron chi connectivity index (χ2n) is 2.79. The first-order valence-corrected chi connectivity index (χ1v) is 4.04. The van der Waals surface area contributed by atoms with Gasteiger partial charge in [0.25, 0.3) is 0 Å². The minimum Gasteiger partial charge on any atom is -0.507 e. The molecule has 0 radical (unpaired) electrons. The molecule has 0 spiro atoms. The van der Waals surface area contributed by atoms with Crippen molar-refractivity contribution in [2.24, 2.45) is 5.73 Å². The van der Waals surface area contributed by atoms with Gasteiger partial charge in [0.05, 0.1) is 18.8 Å². The van der Waals surface area contributed by atoms with Crippen molar-refractivity contribution < 1.29 is 19.3 Å². The molecule has 0 saturated heterocycles. The maximum absolute atomic E-state index is 13.3. The molecule has 5 heteroatoms. The summed E-state index contributed by atoms with van der Waals surface area (Å²) in [6.45, 7) is -0.156. The summed E-state index contributed by atoms with van der Waals surface area (Å²) in [5.74, 6) is -0.910. The fourth-order valence-electron chi connectivity index (χ4n) is 1.14. The fourth-order valence-corrected chi connectivity index (χ4v) is 1.14. The van der Waals surface area contributed by atoms with Gasteiger partial charge in [-0.3, -0.25) is 0 Å². The highest BCUT2D eigenvalue weighted by atomic mass is 19.1. The largest absolute Gasteiger partial charge is 0.507 e. The van der Waals surface area contributed by atoms with Crippen molar-refractivity contribution in [2.75, 3.05) is 13.7 Å². The van der Waals surface area contributed by atoms with Crippen LogP contribution in [0.15, 0.2) is 12.1 Å². The summed E-state index contributed by atoms with van der Waals surface area (Å²) in [5.41, 5.74) is 4.95. The monoisotopic (exact) mass is 201 g/mol. The zero-order chi connectivity index (χ0) is 10.7. The third-order valence-corrected chi connectivity index (χ3v) is 1.87. The Labute approximate surface area is 80.7 Å². The molecule has 0 aliphatic rings. The van der Waals surface area contributed by atoms with Crippen LogP contribution < -0.4 is 10.5 Å². The molecule has 1 unspecified atom stereocenters. The van der Waals surface area contributed by atoms with Crippen molar-refractivity contribution in [3.05, 3.63) is 23.5 Å². The lowest BCUT2D eigenvalue weighted by atomic mass is 10.1. The predicted molar refractivity (Wildman–Crippen MR) is 48.6 cm³/mol. The second kappa shape index (κ2) is 4.26. The predicted octanol–water partition coefficient (Wildman–Crippen LogP) is 0.532. The van der Waals surface area contributed by atoms with Gasteiger partial charge >= 0.3 is 0 Å². The molecule has 78 valence electrons. The van der Waals surface area contributed by atoms with E-state index in [9.17, 15) is 14.6 Å². The van der Waals surface area contributed by atoms with Crippen molar-refractivity contribution in [1.82, 2.24) is 0 Å². The number of phenolic OH excluding ortho intramolecular Hbond substituents is 1. The number of hydrogen-bond donors (Lipinski definition) is 3. The molecule has 0 heterocycles. The highest BCUT2D eigenvalue weighted by Gasteiger charge is 2.17. The number of nitrogens with two attached hydrogens (primary N) is 1. The number of aromatic hydroxyl groups is 1. The molecular formula is C9H12FNO3. The first-order valence-electron chi connectivity index (χ1n) is 4.04. The van der Waals surface area contributed by atoms with Gasteiger partial charge in [-0.2, -0.15) is 0 Å². The van der Waals surface area contributed by atoms with Crippen molar-refractivity contribution >= 4 is 0 Å². The Morgan fingerprint density at radius 3 is 2.64 bits per heavy atom. The summed E-state index contributed by atoms with van der Waals surface area (Å²) in [4.78, 5) is 0. The van der Waals surface area contributed by atoms with Crippen LogP contribution in [0.2, 0.25) is 0 Å². The van der Waals surface area contributed by atoms with Gasteiger partial charge in [-0.05, 0) is 0 Å². The maximum atomic E-state index is 13.3. The number of halogens is 1. The average Bonchev–Trinajstić information content (AvgIpc) is 2.16. The number of ether oxygens (including phenoxy) is 1. The topological polar surface area (TPSA) is 75.7 Å². The fraction of sp³-hybridized carbons (Fsp3) is 0.333. The Morgan fingerprint density at radius 1 is 1.57 bits per heavy atom. The standard InChI is InChI=1S/C9H12FNO3/c1-14-5-2-6(10)9(7(12)3-5)8(13)4-11/h2-3,8,12-13H,4,11H2,1H3. The molecule has 0 aromatic heterocycles. The molecule has 1 atom stereocenters. The lowest BCUT2D eigenvalue weighted by molar-refractivity contribution is 0.177. The average molecular weight is 201 g/mol. The molecule has 0 saturated carbocycles. The lowest BCUT2D eigenvalue weighted by Gasteiger charge is -2.12. The number of phenols is 1. The normalized spacial score (nSPS) is 12.6. The summed E-state index contributed by atoms with van der Waals surface area (Å²) in [7, 11) is 1.35. The molecule has 0 aliphatic heterocycles. The van der Waals surface area contributed by atoms with Gasteiger partial charge in [0.15, 0.2) is 0 Å². The van der Waals surface area contributed by atoms with E-state index in [4.69, 9.17) is 10.5 Å². The van der Waals surface area contributed by atoms with E-state index >= 15 is 0 Å². The number of rotatable bonds is 3. The van der Waals surface area contributed by atoms with E-state index in [1.54, 1.807) is 0 Å². The molecule has 1 rings (SSSR count). The van der Waals surface area contributed by atoms with Crippen molar-refractivity contribution in [3.8, 4) is 11.5 Å². The van der Waals surface area contributed by atoms with Gasteiger partial charge in [0.1, 0.15) is 17.3 Å². The Hall–Kier alpha value is -1.33. The van der Waals surface area contributed by atoms with Crippen LogP contribution in [0.25, 0.3) is 0 Å². The molecule has 4 N–H and O–H groups in total. The highest BCUT2D eigenvalue weighted by Crippen LogP contribution is 2.30. The van der Waals surface area contributed by atoms with Crippen molar-refractivity contribution in [1.29, 1.82) is 0 Å². The smallest absolute Gasteiger partial charge is 0.136 e. The Bertz CT molecular complexity index is 307. The molecule has 1 aromatic rings. The summed E-state index contributed by atoms with van der Waals surface area (Å²) in [5, 5.41) is 18.7. The minimum atomic E-state index is -1.21. The van der Waals surface area contributed by atoms with E-state index in [-0.39, 0.29) is 23.6 Å². The molecule has 0 fully saturated rings. The van der Waals surface area contributed by atoms with Gasteiger partial charge in [-0.15, -0.1) is 0 Å². The molecule has 1 aromatic carbocycles. The van der Waals surface area contributed by atoms with E-state index < -0.39 is 11.9 Å². The first kappa shape index (κ1) is 10.7. The van der Waals surface area contributed by atoms with Crippen LogP contribution in [0.1, 0.15) is 11.7 Å². The minimum absolute atomic E-state index is 0.156. The summed E-state index contributed by atoms with van der Waals surface area (Å²) >= 11 is 0. The molecule has 0 bridgehead atoms.